The molecule has 2 heterocycles. The van der Waals surface area contributed by atoms with Crippen LogP contribution in [-0.4, -0.2) is 15.4 Å². The highest BCUT2D eigenvalue weighted by Crippen LogP contribution is 2.26. The highest BCUT2D eigenvalue weighted by molar-refractivity contribution is 6.31. The highest BCUT2D eigenvalue weighted by Gasteiger charge is 2.07. The molecule has 0 fully saturated rings. The molecule has 1 aromatic carbocycles. The number of halogens is 1. The van der Waals surface area contributed by atoms with Crippen molar-refractivity contribution in [1.82, 2.24) is 14.7 Å². The Morgan fingerprint density at radius 3 is 2.90 bits per heavy atom. The minimum Gasteiger partial charge on any atom is -0.310 e. The van der Waals surface area contributed by atoms with Crippen molar-refractivity contribution in [2.75, 3.05) is 0 Å². The number of pyridine rings is 1. The van der Waals surface area contributed by atoms with Gasteiger partial charge in [0.25, 0.3) is 0 Å². The van der Waals surface area contributed by atoms with Gasteiger partial charge in [-0.25, -0.2) is 4.98 Å². The lowest BCUT2D eigenvalue weighted by Gasteiger charge is -2.12. The Morgan fingerprint density at radius 2 is 2.10 bits per heavy atom. The Hall–Kier alpha value is -1.84. The fourth-order valence-electron chi connectivity index (χ4n) is 2.37. The Bertz CT molecular complexity index is 762. The largest absolute Gasteiger partial charge is 0.310 e. The van der Waals surface area contributed by atoms with Crippen LogP contribution < -0.4 is 5.32 Å². The van der Waals surface area contributed by atoms with Crippen molar-refractivity contribution >= 4 is 17.2 Å². The van der Waals surface area contributed by atoms with Crippen LogP contribution in [0, 0.1) is 0 Å². The van der Waals surface area contributed by atoms with Crippen molar-refractivity contribution in [1.29, 1.82) is 0 Å². The number of rotatable bonds is 4. The van der Waals surface area contributed by atoms with Gasteiger partial charge in [0, 0.05) is 30.0 Å². The normalized spacial score (nSPS) is 11.4. The fourth-order valence-corrected chi connectivity index (χ4v) is 2.55. The minimum absolute atomic E-state index is 0.432. The lowest BCUT2D eigenvalue weighted by atomic mass is 10.1. The molecule has 0 unspecified atom stereocenters. The molecule has 0 aliphatic rings. The van der Waals surface area contributed by atoms with Gasteiger partial charge in [-0.05, 0) is 35.4 Å². The first-order chi connectivity index (χ1) is 10.1. The number of aromatic nitrogens is 2. The van der Waals surface area contributed by atoms with Gasteiger partial charge in [-0.2, -0.15) is 0 Å². The van der Waals surface area contributed by atoms with Crippen molar-refractivity contribution in [3.63, 3.8) is 0 Å². The van der Waals surface area contributed by atoms with Crippen molar-refractivity contribution in [3.8, 4) is 11.3 Å². The van der Waals surface area contributed by atoms with E-state index in [0.717, 1.165) is 34.0 Å². The molecule has 1 N–H and O–H groups in total. The maximum absolute atomic E-state index is 6.31. The number of imidazole rings is 1. The summed E-state index contributed by atoms with van der Waals surface area (Å²) in [5, 5.41) is 4.21. The van der Waals surface area contributed by atoms with E-state index in [1.807, 2.05) is 30.6 Å². The molecule has 0 bridgehead atoms. The summed E-state index contributed by atoms with van der Waals surface area (Å²) in [6.45, 7) is 5.03. The Kier molecular flexibility index (Phi) is 3.95. The Balaban J connectivity index is 2.02. The molecular formula is C17H18ClN3. The monoisotopic (exact) mass is 299 g/mol. The van der Waals surface area contributed by atoms with Gasteiger partial charge in [-0.3, -0.25) is 4.40 Å². The van der Waals surface area contributed by atoms with E-state index in [4.69, 9.17) is 11.6 Å². The summed E-state index contributed by atoms with van der Waals surface area (Å²) in [6.07, 6.45) is 3.79. The van der Waals surface area contributed by atoms with Crippen molar-refractivity contribution < 1.29 is 0 Å². The minimum atomic E-state index is 0.432. The molecule has 0 saturated heterocycles. The summed E-state index contributed by atoms with van der Waals surface area (Å²) in [5.74, 6) is 0. The molecule has 3 aromatic rings. The van der Waals surface area contributed by atoms with Gasteiger partial charge < -0.3 is 5.32 Å². The van der Waals surface area contributed by atoms with Gasteiger partial charge in [0.2, 0.25) is 0 Å². The number of nitrogens with one attached hydrogen (secondary N) is 1. The van der Waals surface area contributed by atoms with Crippen LogP contribution in [0.1, 0.15) is 19.4 Å². The maximum Gasteiger partial charge on any atom is 0.137 e. The fraction of sp³-hybridized carbons (Fsp3) is 0.235. The van der Waals surface area contributed by atoms with Gasteiger partial charge in [-0.15, -0.1) is 0 Å². The summed E-state index contributed by atoms with van der Waals surface area (Å²) >= 11 is 6.31. The number of nitrogens with zero attached hydrogens (tertiary/aromatic N) is 2. The topological polar surface area (TPSA) is 29.3 Å². The molecule has 0 saturated carbocycles. The zero-order valence-corrected chi connectivity index (χ0v) is 12.9. The average molecular weight is 300 g/mol. The third-order valence-electron chi connectivity index (χ3n) is 3.47. The first kappa shape index (κ1) is 14.1. The van der Waals surface area contributed by atoms with E-state index in [9.17, 15) is 0 Å². The second-order valence-electron chi connectivity index (χ2n) is 5.41. The van der Waals surface area contributed by atoms with E-state index >= 15 is 0 Å². The van der Waals surface area contributed by atoms with E-state index < -0.39 is 0 Å². The predicted octanol–water partition coefficient (Wildman–Crippen LogP) is 4.15. The standard InChI is InChI=1S/C17H18ClN3/c1-12(2)20-11-14-10-13(6-7-15(14)18)16-4-3-5-17-19-8-9-21(16)17/h3-10,12,20H,11H2,1-2H3. The van der Waals surface area contributed by atoms with Gasteiger partial charge in [0.1, 0.15) is 5.65 Å². The zero-order chi connectivity index (χ0) is 14.8. The van der Waals surface area contributed by atoms with Crippen LogP contribution in [0.25, 0.3) is 16.9 Å². The molecule has 0 amide bonds. The quantitative estimate of drug-likeness (QED) is 0.784. The zero-order valence-electron chi connectivity index (χ0n) is 12.2. The van der Waals surface area contributed by atoms with Gasteiger partial charge in [-0.1, -0.05) is 37.6 Å². The first-order valence-electron chi connectivity index (χ1n) is 7.09. The van der Waals surface area contributed by atoms with Crippen LogP contribution in [0.5, 0.6) is 0 Å². The Morgan fingerprint density at radius 1 is 1.24 bits per heavy atom. The van der Waals surface area contributed by atoms with Crippen LogP contribution in [0.15, 0.2) is 48.8 Å². The van der Waals surface area contributed by atoms with Gasteiger partial charge in [0.15, 0.2) is 0 Å². The molecule has 3 nitrogen and oxygen atoms in total. The summed E-state index contributed by atoms with van der Waals surface area (Å²) < 4.78 is 2.09. The number of benzene rings is 1. The third-order valence-corrected chi connectivity index (χ3v) is 3.84. The second kappa shape index (κ2) is 5.88. The third kappa shape index (κ3) is 2.94. The lowest BCUT2D eigenvalue weighted by Crippen LogP contribution is -2.22. The predicted molar refractivity (Wildman–Crippen MR) is 87.6 cm³/mol. The van der Waals surface area contributed by atoms with Crippen LogP contribution in [0.4, 0.5) is 0 Å². The van der Waals surface area contributed by atoms with E-state index in [2.05, 4.69) is 46.7 Å². The number of hydrogen-bond acceptors (Lipinski definition) is 2. The average Bonchev–Trinajstić information content (AvgIpc) is 2.94. The van der Waals surface area contributed by atoms with Gasteiger partial charge in [0.05, 0.1) is 5.69 Å². The summed E-state index contributed by atoms with van der Waals surface area (Å²) in [7, 11) is 0. The van der Waals surface area contributed by atoms with Crippen LogP contribution in [0.3, 0.4) is 0 Å². The second-order valence-corrected chi connectivity index (χ2v) is 5.82. The van der Waals surface area contributed by atoms with E-state index in [-0.39, 0.29) is 0 Å². The molecule has 108 valence electrons. The summed E-state index contributed by atoms with van der Waals surface area (Å²) in [4.78, 5) is 4.33. The molecular weight excluding hydrogens is 282 g/mol. The maximum atomic E-state index is 6.31. The van der Waals surface area contributed by atoms with E-state index in [1.165, 1.54) is 0 Å². The molecule has 0 atom stereocenters. The molecule has 0 aliphatic heterocycles. The van der Waals surface area contributed by atoms with Crippen LogP contribution in [0.2, 0.25) is 5.02 Å². The van der Waals surface area contributed by atoms with Crippen molar-refractivity contribution in [3.05, 3.63) is 59.4 Å². The number of hydrogen-bond donors (Lipinski definition) is 1. The first-order valence-corrected chi connectivity index (χ1v) is 7.47. The lowest BCUT2D eigenvalue weighted by molar-refractivity contribution is 0.589. The van der Waals surface area contributed by atoms with Crippen molar-refractivity contribution in [2.24, 2.45) is 0 Å². The smallest absolute Gasteiger partial charge is 0.137 e. The molecule has 3 rings (SSSR count). The summed E-state index contributed by atoms with van der Waals surface area (Å²) in [5.41, 5.74) is 4.32. The van der Waals surface area contributed by atoms with Gasteiger partial charge >= 0.3 is 0 Å². The number of fused-ring (bicyclic) bond motifs is 1. The van der Waals surface area contributed by atoms with E-state index in [0.29, 0.717) is 6.04 Å². The molecule has 4 heteroatoms. The highest BCUT2D eigenvalue weighted by atomic mass is 35.5. The molecule has 0 radical (unpaired) electrons. The molecule has 0 aliphatic carbocycles. The SMILES string of the molecule is CC(C)NCc1cc(-c2cccc3nccn23)ccc1Cl. The molecule has 21 heavy (non-hydrogen) atoms. The van der Waals surface area contributed by atoms with Crippen LogP contribution in [-0.2, 0) is 6.54 Å². The van der Waals surface area contributed by atoms with Crippen molar-refractivity contribution in [2.45, 2.75) is 26.4 Å². The van der Waals surface area contributed by atoms with E-state index in [1.54, 1.807) is 0 Å². The molecule has 0 spiro atoms. The summed E-state index contributed by atoms with van der Waals surface area (Å²) in [6, 6.07) is 12.7. The Labute approximate surface area is 129 Å². The van der Waals surface area contributed by atoms with Crippen LogP contribution >= 0.6 is 11.6 Å². The molecule has 2 aromatic heterocycles.